The number of benzene rings is 1. The van der Waals surface area contributed by atoms with Crippen molar-refractivity contribution >= 4 is 0 Å². The van der Waals surface area contributed by atoms with Gasteiger partial charge in [0.05, 0.1) is 7.11 Å². The zero-order valence-electron chi connectivity index (χ0n) is 11.0. The zero-order valence-corrected chi connectivity index (χ0v) is 11.0. The van der Waals surface area contributed by atoms with Crippen LogP contribution in [0.5, 0.6) is 5.75 Å². The van der Waals surface area contributed by atoms with Crippen LogP contribution in [0.25, 0.3) is 0 Å². The molecule has 0 spiro atoms. The van der Waals surface area contributed by atoms with Crippen molar-refractivity contribution in [3.05, 3.63) is 29.6 Å². The van der Waals surface area contributed by atoms with E-state index >= 15 is 0 Å². The van der Waals surface area contributed by atoms with E-state index in [1.54, 1.807) is 12.1 Å². The van der Waals surface area contributed by atoms with Crippen molar-refractivity contribution in [2.75, 3.05) is 13.7 Å². The van der Waals surface area contributed by atoms with Gasteiger partial charge >= 0.3 is 0 Å². The molecule has 3 heteroatoms. The summed E-state index contributed by atoms with van der Waals surface area (Å²) in [6.45, 7) is 0.594. The van der Waals surface area contributed by atoms with Crippen LogP contribution in [0.2, 0.25) is 0 Å². The first-order chi connectivity index (χ1) is 8.76. The van der Waals surface area contributed by atoms with Crippen LogP contribution in [0.3, 0.4) is 0 Å². The third-order valence-electron chi connectivity index (χ3n) is 4.08. The molecular formula is C15H22FNO. The number of hydrogen-bond acceptors (Lipinski definition) is 2. The maximum Gasteiger partial charge on any atom is 0.165 e. The highest BCUT2D eigenvalue weighted by Gasteiger charge is 2.24. The molecule has 0 aromatic heterocycles. The van der Waals surface area contributed by atoms with Crippen molar-refractivity contribution in [2.24, 2.45) is 11.7 Å². The molecule has 1 aliphatic rings. The molecule has 1 unspecified atom stereocenters. The second-order valence-corrected chi connectivity index (χ2v) is 5.13. The first kappa shape index (κ1) is 13.3. The minimum absolute atomic E-state index is 0.283. The lowest BCUT2D eigenvalue weighted by molar-refractivity contribution is 0.306. The molecule has 0 heterocycles. The van der Waals surface area contributed by atoms with Gasteiger partial charge in [0, 0.05) is 0 Å². The fourth-order valence-electron chi connectivity index (χ4n) is 3.05. The molecule has 1 aromatic rings. The molecule has 1 atom stereocenters. The summed E-state index contributed by atoms with van der Waals surface area (Å²) in [6.07, 6.45) is 6.31. The second kappa shape index (κ2) is 6.19. The van der Waals surface area contributed by atoms with Crippen LogP contribution in [-0.4, -0.2) is 13.7 Å². The lowest BCUT2D eigenvalue weighted by Gasteiger charge is -2.29. The molecule has 2 N–H and O–H groups in total. The standard InChI is InChI=1S/C15H22FNO/c1-18-15-8-7-12(9-14(15)16)13(10-17)11-5-3-2-4-6-11/h7-9,11,13H,2-6,10,17H2,1H3. The molecular weight excluding hydrogens is 229 g/mol. The summed E-state index contributed by atoms with van der Waals surface area (Å²) in [7, 11) is 1.49. The first-order valence-electron chi connectivity index (χ1n) is 6.79. The summed E-state index contributed by atoms with van der Waals surface area (Å²) < 4.78 is 18.7. The second-order valence-electron chi connectivity index (χ2n) is 5.13. The van der Waals surface area contributed by atoms with Gasteiger partial charge in [-0.05, 0) is 48.9 Å². The maximum atomic E-state index is 13.7. The predicted molar refractivity (Wildman–Crippen MR) is 71.3 cm³/mol. The van der Waals surface area contributed by atoms with E-state index in [1.807, 2.05) is 6.07 Å². The summed E-state index contributed by atoms with van der Waals surface area (Å²) >= 11 is 0. The largest absolute Gasteiger partial charge is 0.494 e. The molecule has 2 rings (SSSR count). The molecule has 1 fully saturated rings. The molecule has 1 saturated carbocycles. The van der Waals surface area contributed by atoms with Gasteiger partial charge in [0.1, 0.15) is 0 Å². The Kier molecular flexibility index (Phi) is 4.59. The Morgan fingerprint density at radius 2 is 2.06 bits per heavy atom. The fraction of sp³-hybridized carbons (Fsp3) is 0.600. The van der Waals surface area contributed by atoms with Crippen LogP contribution in [0.15, 0.2) is 18.2 Å². The van der Waals surface area contributed by atoms with Gasteiger partial charge in [-0.1, -0.05) is 25.3 Å². The van der Waals surface area contributed by atoms with Crippen molar-refractivity contribution in [1.29, 1.82) is 0 Å². The smallest absolute Gasteiger partial charge is 0.165 e. The number of ether oxygens (including phenoxy) is 1. The van der Waals surface area contributed by atoms with Gasteiger partial charge in [0.15, 0.2) is 11.6 Å². The van der Waals surface area contributed by atoms with Crippen LogP contribution in [0.1, 0.15) is 43.6 Å². The van der Waals surface area contributed by atoms with Crippen molar-refractivity contribution in [2.45, 2.75) is 38.0 Å². The molecule has 1 aromatic carbocycles. The Bertz CT molecular complexity index is 388. The van der Waals surface area contributed by atoms with Gasteiger partial charge < -0.3 is 10.5 Å². The normalized spacial score (nSPS) is 18.6. The fourth-order valence-corrected chi connectivity index (χ4v) is 3.05. The number of hydrogen-bond donors (Lipinski definition) is 1. The van der Waals surface area contributed by atoms with Gasteiger partial charge in [-0.15, -0.1) is 0 Å². The van der Waals surface area contributed by atoms with Crippen molar-refractivity contribution < 1.29 is 9.13 Å². The molecule has 1 aliphatic carbocycles. The molecule has 0 saturated heterocycles. The number of halogens is 1. The highest BCUT2D eigenvalue weighted by Crippen LogP contribution is 2.36. The van der Waals surface area contributed by atoms with Crippen LogP contribution in [-0.2, 0) is 0 Å². The average Bonchev–Trinajstić information content (AvgIpc) is 2.41. The van der Waals surface area contributed by atoms with Crippen LogP contribution in [0.4, 0.5) is 4.39 Å². The van der Waals surface area contributed by atoms with Crippen LogP contribution >= 0.6 is 0 Å². The molecule has 100 valence electrons. The minimum atomic E-state index is -0.288. The summed E-state index contributed by atoms with van der Waals surface area (Å²) in [5.41, 5.74) is 6.92. The van der Waals surface area contributed by atoms with Crippen molar-refractivity contribution in [1.82, 2.24) is 0 Å². The van der Waals surface area contributed by atoms with E-state index in [-0.39, 0.29) is 11.7 Å². The van der Waals surface area contributed by atoms with E-state index in [4.69, 9.17) is 10.5 Å². The van der Waals surface area contributed by atoms with E-state index < -0.39 is 0 Å². The quantitative estimate of drug-likeness (QED) is 0.889. The lowest BCUT2D eigenvalue weighted by Crippen LogP contribution is -2.23. The molecule has 0 bridgehead atoms. The Hall–Kier alpha value is -1.09. The first-order valence-corrected chi connectivity index (χ1v) is 6.79. The molecule has 0 amide bonds. The van der Waals surface area contributed by atoms with Gasteiger partial charge in [0.25, 0.3) is 0 Å². The van der Waals surface area contributed by atoms with E-state index in [2.05, 4.69) is 0 Å². The molecule has 18 heavy (non-hydrogen) atoms. The number of nitrogens with two attached hydrogens (primary N) is 1. The highest BCUT2D eigenvalue weighted by molar-refractivity contribution is 5.31. The molecule has 0 aliphatic heterocycles. The zero-order chi connectivity index (χ0) is 13.0. The molecule has 0 radical (unpaired) electrons. The third kappa shape index (κ3) is 2.83. The van der Waals surface area contributed by atoms with Crippen LogP contribution < -0.4 is 10.5 Å². The third-order valence-corrected chi connectivity index (χ3v) is 4.08. The SMILES string of the molecule is COc1ccc(C(CN)C2CCCCC2)cc1F. The van der Waals surface area contributed by atoms with Gasteiger partial charge in [-0.3, -0.25) is 0 Å². The van der Waals surface area contributed by atoms with E-state index in [9.17, 15) is 4.39 Å². The minimum Gasteiger partial charge on any atom is -0.494 e. The Balaban J connectivity index is 2.18. The summed E-state index contributed by atoms with van der Waals surface area (Å²) in [4.78, 5) is 0. The average molecular weight is 251 g/mol. The van der Waals surface area contributed by atoms with Gasteiger partial charge in [-0.25, -0.2) is 4.39 Å². The van der Waals surface area contributed by atoms with Crippen LogP contribution in [0, 0.1) is 11.7 Å². The Labute approximate surface area is 108 Å². The van der Waals surface area contributed by atoms with Crippen molar-refractivity contribution in [3.8, 4) is 5.75 Å². The highest BCUT2D eigenvalue weighted by atomic mass is 19.1. The summed E-state index contributed by atoms with van der Waals surface area (Å²) in [6, 6.07) is 5.25. The Morgan fingerprint density at radius 3 is 2.61 bits per heavy atom. The van der Waals surface area contributed by atoms with E-state index in [1.165, 1.54) is 39.2 Å². The summed E-state index contributed by atoms with van der Waals surface area (Å²) in [5.74, 6) is 0.907. The Morgan fingerprint density at radius 1 is 1.33 bits per heavy atom. The molecule has 2 nitrogen and oxygen atoms in total. The van der Waals surface area contributed by atoms with E-state index in [0.717, 1.165) is 5.56 Å². The van der Waals surface area contributed by atoms with Gasteiger partial charge in [0.2, 0.25) is 0 Å². The predicted octanol–water partition coefficient (Wildman–Crippen LogP) is 3.46. The summed E-state index contributed by atoms with van der Waals surface area (Å²) in [5, 5.41) is 0. The number of rotatable bonds is 4. The maximum absolute atomic E-state index is 13.7. The van der Waals surface area contributed by atoms with Crippen molar-refractivity contribution in [3.63, 3.8) is 0 Å². The van der Waals surface area contributed by atoms with Gasteiger partial charge in [-0.2, -0.15) is 0 Å². The topological polar surface area (TPSA) is 35.2 Å². The van der Waals surface area contributed by atoms with E-state index in [0.29, 0.717) is 18.2 Å². The monoisotopic (exact) mass is 251 g/mol. The number of methoxy groups -OCH3 is 1. The lowest BCUT2D eigenvalue weighted by atomic mass is 9.77.